The summed E-state index contributed by atoms with van der Waals surface area (Å²) in [7, 11) is -2.09. The predicted molar refractivity (Wildman–Crippen MR) is 141 cm³/mol. The number of Topliss-reactive ketones (excluding diaryl/α,β-unsaturated/α-hetero) is 1. The number of thioether (sulfide) groups is 1. The van der Waals surface area contributed by atoms with Gasteiger partial charge in [0.1, 0.15) is 5.75 Å². The molecule has 0 heterocycles. The standard InChI is InChI=1S/C26H40O6SSi/c1-33-23-19-26(32-34(2,3)4,16-8-9-18-31-21-12-6-5-7-13-21)24(25(23)30)22(29)15-14-20(28)11-10-17-27/h5-7,12-15,19-20,22,24,27-29H,8-11,16-18H2,1-4H3. The number of para-hydroxylation sites is 1. The van der Waals surface area contributed by atoms with Crippen molar-refractivity contribution in [3.8, 4) is 5.75 Å². The van der Waals surface area contributed by atoms with Gasteiger partial charge in [-0.3, -0.25) is 4.79 Å². The molecule has 1 aliphatic rings. The second-order valence-corrected chi connectivity index (χ2v) is 14.9. The number of unbranched alkanes of at least 4 members (excludes halogenated alkanes) is 1. The molecule has 1 aliphatic carbocycles. The van der Waals surface area contributed by atoms with Crippen molar-refractivity contribution in [2.24, 2.45) is 5.92 Å². The predicted octanol–water partition coefficient (Wildman–Crippen LogP) is 4.32. The Hall–Kier alpha value is -1.42. The summed E-state index contributed by atoms with van der Waals surface area (Å²) < 4.78 is 12.5. The smallest absolute Gasteiger partial charge is 0.184 e. The number of carbonyl (C=O) groups is 1. The fourth-order valence-corrected chi connectivity index (χ4v) is 6.34. The minimum atomic E-state index is -2.09. The van der Waals surface area contributed by atoms with Crippen LogP contribution in [-0.2, 0) is 9.22 Å². The Labute approximate surface area is 209 Å². The summed E-state index contributed by atoms with van der Waals surface area (Å²) in [6, 6.07) is 9.67. The van der Waals surface area contributed by atoms with Crippen LogP contribution in [0.3, 0.4) is 0 Å². The molecule has 0 aliphatic heterocycles. The molecule has 1 aromatic rings. The van der Waals surface area contributed by atoms with Gasteiger partial charge in [0.2, 0.25) is 0 Å². The van der Waals surface area contributed by atoms with Crippen molar-refractivity contribution in [3.63, 3.8) is 0 Å². The van der Waals surface area contributed by atoms with Gasteiger partial charge in [0.05, 0.1) is 30.3 Å². The Morgan fingerprint density at radius 1 is 1.12 bits per heavy atom. The molecule has 3 N–H and O–H groups in total. The van der Waals surface area contributed by atoms with Crippen LogP contribution < -0.4 is 4.74 Å². The average Bonchev–Trinajstić information content (AvgIpc) is 3.06. The van der Waals surface area contributed by atoms with Crippen molar-refractivity contribution < 1.29 is 29.3 Å². The lowest BCUT2D eigenvalue weighted by atomic mass is 9.81. The van der Waals surface area contributed by atoms with E-state index in [1.165, 1.54) is 23.9 Å². The lowest BCUT2D eigenvalue weighted by molar-refractivity contribution is -0.126. The maximum absolute atomic E-state index is 13.3. The molecule has 6 nitrogen and oxygen atoms in total. The topological polar surface area (TPSA) is 96.2 Å². The highest BCUT2D eigenvalue weighted by atomic mass is 32.2. The van der Waals surface area contributed by atoms with Crippen LogP contribution in [0.1, 0.15) is 32.1 Å². The minimum Gasteiger partial charge on any atom is -0.494 e. The summed E-state index contributed by atoms with van der Waals surface area (Å²) >= 11 is 1.38. The molecule has 0 bridgehead atoms. The van der Waals surface area contributed by atoms with E-state index in [1.54, 1.807) is 0 Å². The molecule has 34 heavy (non-hydrogen) atoms. The Morgan fingerprint density at radius 2 is 1.82 bits per heavy atom. The summed E-state index contributed by atoms with van der Waals surface area (Å²) in [5.74, 6) is -0.0549. The lowest BCUT2D eigenvalue weighted by Gasteiger charge is -2.40. The second-order valence-electron chi connectivity index (χ2n) is 9.65. The van der Waals surface area contributed by atoms with Gasteiger partial charge in [-0.25, -0.2) is 0 Å². The molecule has 190 valence electrons. The number of hydrogen-bond donors (Lipinski definition) is 3. The monoisotopic (exact) mass is 508 g/mol. The van der Waals surface area contributed by atoms with Gasteiger partial charge in [0, 0.05) is 11.5 Å². The number of allylic oxidation sites excluding steroid dienone is 1. The van der Waals surface area contributed by atoms with Gasteiger partial charge in [-0.2, -0.15) is 0 Å². The number of ether oxygens (including phenoxy) is 1. The van der Waals surface area contributed by atoms with E-state index in [4.69, 9.17) is 14.3 Å². The number of hydrogen-bond acceptors (Lipinski definition) is 7. The maximum atomic E-state index is 13.3. The first-order valence-electron chi connectivity index (χ1n) is 12.0. The van der Waals surface area contributed by atoms with Crippen LogP contribution in [-0.4, -0.2) is 66.7 Å². The number of aliphatic hydroxyl groups excluding tert-OH is 3. The molecular formula is C26H40O6SSi. The fourth-order valence-electron chi connectivity index (χ4n) is 4.26. The number of aliphatic hydroxyl groups is 3. The van der Waals surface area contributed by atoms with Gasteiger partial charge >= 0.3 is 0 Å². The molecule has 1 aromatic carbocycles. The van der Waals surface area contributed by atoms with Crippen molar-refractivity contribution in [2.75, 3.05) is 19.5 Å². The summed E-state index contributed by atoms with van der Waals surface area (Å²) in [5, 5.41) is 30.1. The van der Waals surface area contributed by atoms with E-state index in [0.717, 1.165) is 18.6 Å². The fraction of sp³-hybridized carbons (Fsp3) is 0.577. The summed E-state index contributed by atoms with van der Waals surface area (Å²) in [5.41, 5.74) is -0.896. The maximum Gasteiger partial charge on any atom is 0.184 e. The molecule has 0 fully saturated rings. The van der Waals surface area contributed by atoms with E-state index in [2.05, 4.69) is 19.6 Å². The zero-order valence-electron chi connectivity index (χ0n) is 20.8. The van der Waals surface area contributed by atoms with Crippen LogP contribution in [0.2, 0.25) is 19.6 Å². The van der Waals surface area contributed by atoms with E-state index in [9.17, 15) is 15.0 Å². The molecule has 0 saturated heterocycles. The Bertz CT molecular complexity index is 822. The zero-order chi connectivity index (χ0) is 25.2. The van der Waals surface area contributed by atoms with E-state index >= 15 is 0 Å². The number of carbonyl (C=O) groups excluding carboxylic acids is 1. The quantitative estimate of drug-likeness (QED) is 0.184. The molecular weight excluding hydrogens is 468 g/mol. The van der Waals surface area contributed by atoms with Gasteiger partial charge < -0.3 is 24.5 Å². The molecule has 8 heteroatoms. The van der Waals surface area contributed by atoms with E-state index in [1.807, 2.05) is 42.7 Å². The van der Waals surface area contributed by atoms with E-state index < -0.39 is 32.0 Å². The number of rotatable bonds is 15. The van der Waals surface area contributed by atoms with Gasteiger partial charge in [-0.05, 0) is 76.2 Å². The third kappa shape index (κ3) is 8.66. The molecule has 0 radical (unpaired) electrons. The van der Waals surface area contributed by atoms with Crippen molar-refractivity contribution in [3.05, 3.63) is 53.5 Å². The highest BCUT2D eigenvalue weighted by Gasteiger charge is 2.52. The molecule has 0 aromatic heterocycles. The first-order valence-corrected chi connectivity index (χ1v) is 16.6. The normalized spacial score (nSPS) is 22.7. The lowest BCUT2D eigenvalue weighted by Crippen LogP contribution is -2.50. The first kappa shape index (κ1) is 28.8. The third-order valence-corrected chi connectivity index (χ3v) is 7.40. The molecule has 0 spiro atoms. The van der Waals surface area contributed by atoms with Crippen LogP contribution in [0.15, 0.2) is 53.5 Å². The van der Waals surface area contributed by atoms with Crippen LogP contribution in [0.4, 0.5) is 0 Å². The Morgan fingerprint density at radius 3 is 2.44 bits per heavy atom. The molecule has 4 unspecified atom stereocenters. The largest absolute Gasteiger partial charge is 0.494 e. The van der Waals surface area contributed by atoms with Crippen LogP contribution in [0.5, 0.6) is 5.75 Å². The van der Waals surface area contributed by atoms with Gasteiger partial charge in [0.15, 0.2) is 14.1 Å². The van der Waals surface area contributed by atoms with Crippen LogP contribution in [0.25, 0.3) is 0 Å². The van der Waals surface area contributed by atoms with Crippen molar-refractivity contribution in [2.45, 2.75) is 69.6 Å². The van der Waals surface area contributed by atoms with E-state index in [0.29, 0.717) is 30.8 Å². The third-order valence-electron chi connectivity index (χ3n) is 5.65. The SMILES string of the molecule is CSC1=CC(CCCCOc2ccccc2)(O[Si](C)(C)C)C(C(O)C=CC(O)CCCO)C1=O. The van der Waals surface area contributed by atoms with Crippen molar-refractivity contribution in [1.29, 1.82) is 0 Å². The second kappa shape index (κ2) is 13.6. The Kier molecular flexibility index (Phi) is 11.5. The highest BCUT2D eigenvalue weighted by molar-refractivity contribution is 8.03. The van der Waals surface area contributed by atoms with Crippen molar-refractivity contribution in [1.82, 2.24) is 0 Å². The van der Waals surface area contributed by atoms with Crippen LogP contribution in [0, 0.1) is 5.92 Å². The summed E-state index contributed by atoms with van der Waals surface area (Å²) in [6.07, 6.45) is 7.94. The number of benzene rings is 1. The first-order chi connectivity index (χ1) is 16.1. The van der Waals surface area contributed by atoms with Gasteiger partial charge in [-0.1, -0.05) is 30.4 Å². The molecule has 4 atom stereocenters. The van der Waals surface area contributed by atoms with Gasteiger partial charge in [-0.15, -0.1) is 11.8 Å². The molecule has 2 rings (SSSR count). The summed E-state index contributed by atoms with van der Waals surface area (Å²) in [4.78, 5) is 13.9. The number of ketones is 1. The molecule has 0 amide bonds. The Balaban J connectivity index is 2.17. The highest BCUT2D eigenvalue weighted by Crippen LogP contribution is 2.45. The van der Waals surface area contributed by atoms with Crippen LogP contribution >= 0.6 is 11.8 Å². The molecule has 0 saturated carbocycles. The van der Waals surface area contributed by atoms with Crippen molar-refractivity contribution >= 4 is 25.9 Å². The average molecular weight is 509 g/mol. The minimum absolute atomic E-state index is 0.00326. The van der Waals surface area contributed by atoms with Gasteiger partial charge in [0.25, 0.3) is 0 Å². The zero-order valence-corrected chi connectivity index (χ0v) is 22.6. The summed E-state index contributed by atoms with van der Waals surface area (Å²) in [6.45, 7) is 6.81. The van der Waals surface area contributed by atoms with E-state index in [-0.39, 0.29) is 12.4 Å².